The van der Waals surface area contributed by atoms with Crippen LogP contribution in [0, 0.1) is 11.6 Å². The van der Waals surface area contributed by atoms with Crippen LogP contribution in [0.25, 0.3) is 10.9 Å². The number of carbonyl (C=O) groups excluding carboxylic acids is 2. The van der Waals surface area contributed by atoms with Crippen LogP contribution in [0.1, 0.15) is 28.9 Å². The Hall–Kier alpha value is -5.20. The number of ether oxygens (including phenoxy) is 5. The molecule has 3 aliphatic rings. The van der Waals surface area contributed by atoms with Gasteiger partial charge < -0.3 is 54.1 Å². The second kappa shape index (κ2) is 20.9. The predicted molar refractivity (Wildman–Crippen MR) is 204 cm³/mol. The molecule has 4 aromatic rings. The quantitative estimate of drug-likeness (QED) is 0.0722. The SMILES string of the molecule is O=C(NCCOCCOCCOCCOCCOc1ccc2c(c1)ON(C1CCONO1)O2)c1cc2cc(N3CC[C@@](O)(C(=O)NCc4cc(F)cc(F)c4)O3)ccc2[nH]1. The fourth-order valence-electron chi connectivity index (χ4n) is 6.16. The summed E-state index contributed by atoms with van der Waals surface area (Å²) in [7, 11) is 0. The average molecular weight is 845 g/mol. The van der Waals surface area contributed by atoms with E-state index in [0.717, 1.165) is 18.2 Å². The van der Waals surface area contributed by atoms with Crippen molar-refractivity contribution in [3.05, 3.63) is 83.6 Å². The monoisotopic (exact) mass is 844 g/mol. The van der Waals surface area contributed by atoms with E-state index in [1.807, 2.05) is 0 Å². The maximum Gasteiger partial charge on any atom is 0.282 e. The van der Waals surface area contributed by atoms with E-state index in [1.165, 1.54) is 10.3 Å². The Morgan fingerprint density at radius 3 is 2.28 bits per heavy atom. The molecule has 2 atom stereocenters. The van der Waals surface area contributed by atoms with Crippen molar-refractivity contribution >= 4 is 28.4 Å². The van der Waals surface area contributed by atoms with Crippen LogP contribution in [0.2, 0.25) is 0 Å². The Morgan fingerprint density at radius 1 is 0.833 bits per heavy atom. The highest BCUT2D eigenvalue weighted by Crippen LogP contribution is 2.38. The van der Waals surface area contributed by atoms with Crippen molar-refractivity contribution in [2.45, 2.75) is 31.4 Å². The first-order valence-electron chi connectivity index (χ1n) is 19.3. The molecule has 0 bridgehead atoms. The molecule has 2 amide bonds. The molecule has 2 fully saturated rings. The number of fused-ring (bicyclic) bond motifs is 2. The number of aliphatic hydroxyl groups is 1. The molecule has 7 rings (SSSR count). The lowest BCUT2D eigenvalue weighted by molar-refractivity contribution is -0.376. The van der Waals surface area contributed by atoms with Crippen LogP contribution in [0.15, 0.2) is 60.7 Å². The van der Waals surface area contributed by atoms with Crippen molar-refractivity contribution in [1.29, 1.82) is 0 Å². The molecule has 0 aliphatic carbocycles. The highest BCUT2D eigenvalue weighted by atomic mass is 19.1. The van der Waals surface area contributed by atoms with E-state index in [0.29, 0.717) is 105 Å². The first-order valence-corrected chi connectivity index (χ1v) is 19.3. The van der Waals surface area contributed by atoms with E-state index < -0.39 is 29.6 Å². The number of amides is 2. The summed E-state index contributed by atoms with van der Waals surface area (Å²) in [6.45, 7) is 4.06. The zero-order valence-corrected chi connectivity index (χ0v) is 32.5. The summed E-state index contributed by atoms with van der Waals surface area (Å²) in [5, 5.41) is 19.4. The van der Waals surface area contributed by atoms with E-state index in [1.54, 1.807) is 42.5 Å². The topological polar surface area (TPSA) is 205 Å². The van der Waals surface area contributed by atoms with E-state index >= 15 is 0 Å². The van der Waals surface area contributed by atoms with Crippen molar-refractivity contribution in [3.63, 3.8) is 0 Å². The van der Waals surface area contributed by atoms with Gasteiger partial charge in [-0.2, -0.15) is 0 Å². The number of hydroxylamine groups is 3. The lowest BCUT2D eigenvalue weighted by Gasteiger charge is -2.26. The second-order valence-electron chi connectivity index (χ2n) is 13.6. The summed E-state index contributed by atoms with van der Waals surface area (Å²) in [6.07, 6.45) is 0.0617. The number of aromatic amines is 1. The zero-order valence-electron chi connectivity index (χ0n) is 32.5. The second-order valence-corrected chi connectivity index (χ2v) is 13.6. The summed E-state index contributed by atoms with van der Waals surface area (Å²) in [5.74, 6) is -3.21. The van der Waals surface area contributed by atoms with Crippen molar-refractivity contribution in [2.24, 2.45) is 0 Å². The minimum atomic E-state index is -2.18. The predicted octanol–water partition coefficient (Wildman–Crippen LogP) is 2.55. The fraction of sp³-hybridized carbons (Fsp3) is 0.436. The number of aromatic nitrogens is 1. The number of hydrogen-bond donors (Lipinski definition) is 5. The lowest BCUT2D eigenvalue weighted by atomic mass is 10.1. The first-order chi connectivity index (χ1) is 29.2. The smallest absolute Gasteiger partial charge is 0.282 e. The van der Waals surface area contributed by atoms with Gasteiger partial charge in [0.15, 0.2) is 11.5 Å². The van der Waals surface area contributed by atoms with Gasteiger partial charge in [-0.3, -0.25) is 24.3 Å². The lowest BCUT2D eigenvalue weighted by Crippen LogP contribution is -2.47. The standard InChI is InChI=1S/C39H46F2N6O13/c40-28-19-26(20-29(41)23-28)25-43-38(49)39(50)6-8-46(60-39)30-1-3-32-27(21-30)22-33(44-32)37(48)42-7-10-51-11-12-52-13-14-53-15-16-54-17-18-55-31-2-4-34-35(24-31)59-47(58-34)36-5-9-56-45-57-36/h1-4,19-24,36,44-45,50H,5-18,25H2,(H,42,48)(H,43,49)/t36?,39-/m0/s1. The van der Waals surface area contributed by atoms with Gasteiger partial charge in [-0.1, -0.05) is 5.64 Å². The maximum absolute atomic E-state index is 13.5. The third-order valence-electron chi connectivity index (χ3n) is 9.16. The number of halogens is 2. The van der Waals surface area contributed by atoms with Crippen LogP contribution in [-0.2, 0) is 44.8 Å². The number of H-pyrrole nitrogens is 1. The van der Waals surface area contributed by atoms with Crippen LogP contribution in [-0.4, -0.2) is 118 Å². The number of nitrogens with one attached hydrogen (secondary N) is 4. The number of nitrogens with zero attached hydrogens (tertiary/aromatic N) is 2. The minimum Gasteiger partial charge on any atom is -0.491 e. The Labute approximate surface area is 342 Å². The molecule has 324 valence electrons. The van der Waals surface area contributed by atoms with Gasteiger partial charge in [0.25, 0.3) is 17.6 Å². The molecule has 19 nitrogen and oxygen atoms in total. The highest BCUT2D eigenvalue weighted by molar-refractivity contribution is 5.98. The molecular formula is C39H46F2N6O13. The molecule has 3 aromatic carbocycles. The van der Waals surface area contributed by atoms with E-state index in [9.17, 15) is 23.5 Å². The molecule has 0 saturated carbocycles. The van der Waals surface area contributed by atoms with Crippen LogP contribution in [0.4, 0.5) is 14.5 Å². The van der Waals surface area contributed by atoms with Crippen molar-refractivity contribution in [2.75, 3.05) is 84.2 Å². The van der Waals surface area contributed by atoms with Crippen LogP contribution < -0.4 is 35.8 Å². The van der Waals surface area contributed by atoms with Gasteiger partial charge in [0.05, 0.1) is 76.9 Å². The molecule has 0 radical (unpaired) electrons. The number of hydrogen-bond acceptors (Lipinski definition) is 16. The molecule has 2 saturated heterocycles. The summed E-state index contributed by atoms with van der Waals surface area (Å²) in [5.41, 5.74) is 4.13. The summed E-state index contributed by atoms with van der Waals surface area (Å²) >= 11 is 0. The fourth-order valence-corrected chi connectivity index (χ4v) is 6.16. The minimum absolute atomic E-state index is 0.0496. The van der Waals surface area contributed by atoms with Gasteiger partial charge in [0.1, 0.15) is 29.7 Å². The summed E-state index contributed by atoms with van der Waals surface area (Å²) in [6, 6.07) is 15.1. The van der Waals surface area contributed by atoms with E-state index in [-0.39, 0.29) is 44.1 Å². The van der Waals surface area contributed by atoms with Crippen LogP contribution >= 0.6 is 0 Å². The number of carbonyl (C=O) groups is 2. The van der Waals surface area contributed by atoms with E-state index in [4.69, 9.17) is 47.9 Å². The zero-order chi connectivity index (χ0) is 41.7. The molecule has 1 unspecified atom stereocenters. The van der Waals surface area contributed by atoms with Gasteiger partial charge in [0, 0.05) is 49.0 Å². The summed E-state index contributed by atoms with van der Waals surface area (Å²) < 4.78 is 54.9. The Balaban J connectivity index is 0.688. The van der Waals surface area contributed by atoms with Crippen molar-refractivity contribution < 1.29 is 71.3 Å². The molecule has 1 aromatic heterocycles. The van der Waals surface area contributed by atoms with Crippen molar-refractivity contribution in [1.82, 2.24) is 26.5 Å². The normalized spacial score (nSPS) is 18.9. The molecule has 3 aliphatic heterocycles. The first kappa shape index (κ1) is 42.9. The van der Waals surface area contributed by atoms with Crippen LogP contribution in [0.3, 0.4) is 0 Å². The third kappa shape index (κ3) is 11.8. The average Bonchev–Trinajstić information content (AvgIpc) is 3.99. The molecular weight excluding hydrogens is 798 g/mol. The van der Waals surface area contributed by atoms with Gasteiger partial charge in [-0.05, 0) is 54.1 Å². The molecule has 21 heteroatoms. The highest BCUT2D eigenvalue weighted by Gasteiger charge is 2.45. The third-order valence-corrected chi connectivity index (χ3v) is 9.16. The van der Waals surface area contributed by atoms with Gasteiger partial charge in [-0.25, -0.2) is 13.6 Å². The van der Waals surface area contributed by atoms with Crippen LogP contribution in [0.5, 0.6) is 17.2 Å². The summed E-state index contributed by atoms with van der Waals surface area (Å²) in [4.78, 5) is 55.7. The molecule has 4 heterocycles. The maximum atomic E-state index is 13.5. The Bertz CT molecular complexity index is 2040. The number of anilines is 1. The van der Waals surface area contributed by atoms with Gasteiger partial charge >= 0.3 is 0 Å². The molecule has 5 N–H and O–H groups in total. The molecule has 60 heavy (non-hydrogen) atoms. The number of benzene rings is 3. The Morgan fingerprint density at radius 2 is 1.55 bits per heavy atom. The largest absolute Gasteiger partial charge is 0.491 e. The van der Waals surface area contributed by atoms with E-state index in [2.05, 4.69) is 21.3 Å². The van der Waals surface area contributed by atoms with Gasteiger partial charge in [0.2, 0.25) is 6.23 Å². The molecule has 0 spiro atoms. The Kier molecular flexibility index (Phi) is 14.9. The van der Waals surface area contributed by atoms with Gasteiger partial charge in [-0.15, -0.1) is 0 Å². The number of rotatable bonds is 22. The van der Waals surface area contributed by atoms with Crippen molar-refractivity contribution in [3.8, 4) is 17.2 Å².